The monoisotopic (exact) mass is 263 g/mol. The topological polar surface area (TPSA) is 20.3 Å². The van der Waals surface area contributed by atoms with Crippen LogP contribution in [0.1, 0.15) is 60.3 Å². The summed E-state index contributed by atoms with van der Waals surface area (Å²) in [7, 11) is 0. The van der Waals surface area contributed by atoms with Gasteiger partial charge in [0, 0.05) is 31.0 Å². The highest BCUT2D eigenvalue weighted by Gasteiger charge is 2.62. The van der Waals surface area contributed by atoms with Crippen LogP contribution in [0.5, 0.6) is 0 Å². The Morgan fingerprint density at radius 3 is 2.47 bits per heavy atom. The first-order valence-electron chi connectivity index (χ1n) is 8.06. The second-order valence-corrected chi connectivity index (χ2v) is 8.30. The minimum absolute atomic E-state index is 0.215. The van der Waals surface area contributed by atoms with Crippen molar-refractivity contribution in [2.24, 2.45) is 22.7 Å². The zero-order valence-electron chi connectivity index (χ0n) is 13.2. The normalized spacial score (nSPS) is 49.8. The molecule has 0 spiro atoms. The van der Waals surface area contributed by atoms with Crippen molar-refractivity contribution in [3.8, 4) is 0 Å². The summed E-state index contributed by atoms with van der Waals surface area (Å²) in [6, 6.07) is 1.09. The van der Waals surface area contributed by atoms with Crippen LogP contribution in [0.2, 0.25) is 0 Å². The number of hydrogen-bond donors (Lipinski definition) is 0. The molecule has 2 bridgehead atoms. The number of fused-ring (bicyclic) bond motifs is 2. The smallest absolute Gasteiger partial charge is 0.138 e. The lowest BCUT2D eigenvalue weighted by Crippen LogP contribution is -2.60. The fraction of sp³-hybridized carbons (Fsp3) is 0.941. The number of likely N-dealkylation sites (tertiary alicyclic amines) is 1. The summed E-state index contributed by atoms with van der Waals surface area (Å²) in [5, 5.41) is 0. The summed E-state index contributed by atoms with van der Waals surface area (Å²) in [5.74, 6) is 1.57. The second kappa shape index (κ2) is 4.07. The van der Waals surface area contributed by atoms with E-state index in [4.69, 9.17) is 0 Å². The van der Waals surface area contributed by atoms with Crippen LogP contribution in [0.15, 0.2) is 0 Å². The third-order valence-corrected chi connectivity index (χ3v) is 6.90. The third kappa shape index (κ3) is 1.75. The van der Waals surface area contributed by atoms with Crippen LogP contribution >= 0.6 is 0 Å². The fourth-order valence-electron chi connectivity index (χ4n) is 5.69. The number of carbonyl (C=O) groups is 1. The van der Waals surface area contributed by atoms with Gasteiger partial charge in [0.15, 0.2) is 0 Å². The number of carbonyl (C=O) groups excluding carboxylic acids is 1. The Bertz CT molecular complexity index is 397. The number of ketones is 1. The molecule has 1 aliphatic heterocycles. The lowest BCUT2D eigenvalue weighted by molar-refractivity contribution is -0.132. The van der Waals surface area contributed by atoms with Gasteiger partial charge in [0.1, 0.15) is 5.78 Å². The molecule has 0 aromatic rings. The van der Waals surface area contributed by atoms with Gasteiger partial charge in [-0.15, -0.1) is 0 Å². The summed E-state index contributed by atoms with van der Waals surface area (Å²) in [6.45, 7) is 12.8. The van der Waals surface area contributed by atoms with Crippen molar-refractivity contribution in [2.45, 2.75) is 72.4 Å². The highest BCUT2D eigenvalue weighted by Crippen LogP contribution is 2.64. The van der Waals surface area contributed by atoms with E-state index in [2.05, 4.69) is 39.5 Å². The van der Waals surface area contributed by atoms with Crippen LogP contribution in [0.25, 0.3) is 0 Å². The maximum Gasteiger partial charge on any atom is 0.138 e. The molecule has 0 aromatic carbocycles. The van der Waals surface area contributed by atoms with Crippen molar-refractivity contribution < 1.29 is 4.79 Å². The summed E-state index contributed by atoms with van der Waals surface area (Å²) in [4.78, 5) is 14.6. The van der Waals surface area contributed by atoms with Gasteiger partial charge in [0.2, 0.25) is 0 Å². The molecule has 0 radical (unpaired) electrons. The molecule has 5 unspecified atom stereocenters. The first-order valence-corrected chi connectivity index (χ1v) is 8.06. The first kappa shape index (κ1) is 13.6. The Labute approximate surface area is 117 Å². The SMILES string of the molecule is CC1C(=O)CCN(C2C3(C)CCC(C3)C2(C)C)C1C. The number of piperidine rings is 1. The molecule has 1 saturated heterocycles. The summed E-state index contributed by atoms with van der Waals surface area (Å²) < 4.78 is 0. The maximum atomic E-state index is 11.9. The van der Waals surface area contributed by atoms with Gasteiger partial charge in [-0.3, -0.25) is 9.69 Å². The highest BCUT2D eigenvalue weighted by atomic mass is 16.1. The first-order chi connectivity index (χ1) is 8.77. The molecule has 2 saturated carbocycles. The molecule has 3 fully saturated rings. The Morgan fingerprint density at radius 1 is 1.21 bits per heavy atom. The second-order valence-electron chi connectivity index (χ2n) is 8.30. The average Bonchev–Trinajstić information content (AvgIpc) is 2.80. The number of hydrogen-bond acceptors (Lipinski definition) is 2. The molecule has 5 atom stereocenters. The zero-order valence-corrected chi connectivity index (χ0v) is 13.2. The van der Waals surface area contributed by atoms with Gasteiger partial charge < -0.3 is 0 Å². The summed E-state index contributed by atoms with van der Waals surface area (Å²) in [5.41, 5.74) is 0.907. The van der Waals surface area contributed by atoms with E-state index in [0.29, 0.717) is 28.7 Å². The van der Waals surface area contributed by atoms with Crippen molar-refractivity contribution in [3.05, 3.63) is 0 Å². The Kier molecular flexibility index (Phi) is 2.91. The van der Waals surface area contributed by atoms with E-state index in [1.54, 1.807) is 0 Å². The van der Waals surface area contributed by atoms with Gasteiger partial charge in [-0.05, 0) is 42.9 Å². The Morgan fingerprint density at radius 2 is 1.89 bits per heavy atom. The van der Waals surface area contributed by atoms with Crippen molar-refractivity contribution >= 4 is 5.78 Å². The van der Waals surface area contributed by atoms with Crippen LogP contribution in [-0.2, 0) is 4.79 Å². The molecule has 3 aliphatic rings. The van der Waals surface area contributed by atoms with Crippen molar-refractivity contribution in [2.75, 3.05) is 6.54 Å². The molecule has 2 aliphatic carbocycles. The van der Waals surface area contributed by atoms with Gasteiger partial charge in [-0.1, -0.05) is 27.7 Å². The lowest BCUT2D eigenvalue weighted by Gasteiger charge is -2.53. The van der Waals surface area contributed by atoms with Crippen molar-refractivity contribution in [3.63, 3.8) is 0 Å². The van der Waals surface area contributed by atoms with Crippen LogP contribution < -0.4 is 0 Å². The van der Waals surface area contributed by atoms with E-state index in [0.717, 1.165) is 18.9 Å². The van der Waals surface area contributed by atoms with Crippen LogP contribution in [0.4, 0.5) is 0 Å². The van der Waals surface area contributed by atoms with E-state index in [1.807, 2.05) is 0 Å². The molecule has 0 N–H and O–H groups in total. The minimum atomic E-state index is 0.215. The van der Waals surface area contributed by atoms with Gasteiger partial charge >= 0.3 is 0 Å². The summed E-state index contributed by atoms with van der Waals surface area (Å²) in [6.07, 6.45) is 4.96. The molecule has 0 amide bonds. The molecule has 19 heavy (non-hydrogen) atoms. The van der Waals surface area contributed by atoms with Gasteiger partial charge in [0.05, 0.1) is 0 Å². The predicted octanol–water partition coefficient (Wildman–Crippen LogP) is 3.50. The molecule has 108 valence electrons. The lowest BCUT2D eigenvalue weighted by atomic mass is 9.66. The van der Waals surface area contributed by atoms with Crippen LogP contribution in [0.3, 0.4) is 0 Å². The van der Waals surface area contributed by atoms with E-state index in [9.17, 15) is 4.79 Å². The Hall–Kier alpha value is -0.370. The van der Waals surface area contributed by atoms with Crippen molar-refractivity contribution in [1.29, 1.82) is 0 Å². The quantitative estimate of drug-likeness (QED) is 0.721. The number of rotatable bonds is 1. The third-order valence-electron chi connectivity index (χ3n) is 6.90. The zero-order chi connectivity index (χ0) is 14.0. The predicted molar refractivity (Wildman–Crippen MR) is 78.0 cm³/mol. The average molecular weight is 263 g/mol. The van der Waals surface area contributed by atoms with Crippen molar-refractivity contribution in [1.82, 2.24) is 4.90 Å². The molecule has 0 aromatic heterocycles. The van der Waals surface area contributed by atoms with E-state index in [1.165, 1.54) is 19.3 Å². The highest BCUT2D eigenvalue weighted by molar-refractivity contribution is 5.82. The summed E-state index contributed by atoms with van der Waals surface area (Å²) >= 11 is 0. The van der Waals surface area contributed by atoms with Crippen LogP contribution in [0, 0.1) is 22.7 Å². The fourth-order valence-corrected chi connectivity index (χ4v) is 5.69. The van der Waals surface area contributed by atoms with E-state index >= 15 is 0 Å². The van der Waals surface area contributed by atoms with Crippen LogP contribution in [-0.4, -0.2) is 29.3 Å². The van der Waals surface area contributed by atoms with Gasteiger partial charge in [0.25, 0.3) is 0 Å². The molecule has 2 heteroatoms. The van der Waals surface area contributed by atoms with Gasteiger partial charge in [-0.2, -0.15) is 0 Å². The largest absolute Gasteiger partial charge is 0.299 e. The standard InChI is InChI=1S/C17H29NO/c1-11-12(2)18(9-7-14(11)19)15-16(3,4)13-6-8-17(15,5)10-13/h11-13,15H,6-10H2,1-5H3. The van der Waals surface area contributed by atoms with E-state index in [-0.39, 0.29) is 5.92 Å². The van der Waals surface area contributed by atoms with E-state index < -0.39 is 0 Å². The minimum Gasteiger partial charge on any atom is -0.299 e. The molecule has 3 rings (SSSR count). The molecular formula is C17H29NO. The number of Topliss-reactive ketones (excluding diaryl/α,β-unsaturated/α-hetero) is 1. The van der Waals surface area contributed by atoms with Gasteiger partial charge in [-0.25, -0.2) is 0 Å². The molecular weight excluding hydrogens is 234 g/mol. The Balaban J connectivity index is 1.91. The molecule has 2 nitrogen and oxygen atoms in total. The number of nitrogens with zero attached hydrogens (tertiary/aromatic N) is 1. The molecule has 1 heterocycles. The maximum absolute atomic E-state index is 11.9.